The van der Waals surface area contributed by atoms with E-state index in [9.17, 15) is 18.3 Å². The van der Waals surface area contributed by atoms with Crippen LogP contribution in [0.1, 0.15) is 36.0 Å². The number of nitrogens with zero attached hydrogens (tertiary/aromatic N) is 1. The Hall–Kier alpha value is -2.82. The van der Waals surface area contributed by atoms with E-state index in [1.54, 1.807) is 18.2 Å². The van der Waals surface area contributed by atoms with Gasteiger partial charge in [0.15, 0.2) is 11.5 Å². The van der Waals surface area contributed by atoms with Gasteiger partial charge in [0.2, 0.25) is 15.8 Å². The number of ether oxygens (including phenoxy) is 3. The summed E-state index contributed by atoms with van der Waals surface area (Å²) in [5.74, 6) is 0.864. The van der Waals surface area contributed by atoms with Gasteiger partial charge in [0, 0.05) is 25.2 Å². The Labute approximate surface area is 200 Å². The van der Waals surface area contributed by atoms with Crippen molar-refractivity contribution in [3.63, 3.8) is 0 Å². The lowest BCUT2D eigenvalue weighted by atomic mass is 10.2. The van der Waals surface area contributed by atoms with Crippen molar-refractivity contribution in [1.82, 2.24) is 9.62 Å². The molecule has 1 atom stereocenters. The minimum Gasteiger partial charge on any atom is -0.493 e. The van der Waals surface area contributed by atoms with Crippen LogP contribution in [0.15, 0.2) is 47.4 Å². The van der Waals surface area contributed by atoms with Crippen LogP contribution in [0.5, 0.6) is 17.2 Å². The Morgan fingerprint density at radius 1 is 1.00 bits per heavy atom. The maximum absolute atomic E-state index is 12.9. The number of aliphatic hydroxyl groups is 1. The molecule has 2 N–H and O–H groups in total. The van der Waals surface area contributed by atoms with E-state index >= 15 is 0 Å². The minimum atomic E-state index is -3.57. The number of para-hydroxylation sites is 1. The third-order valence-electron chi connectivity index (χ3n) is 5.62. The Balaban J connectivity index is 1.54. The standard InChI is InChI=1S/C24H32N2O7S/c1-31-21-8-7-9-22(32-2)23(21)33-17-19(27)16-25-24(28)18-10-12-20(13-11-18)34(29,30)26-14-5-3-4-6-15-26/h7-13,19,27H,3-6,14-17H2,1-2H3,(H,25,28). The topological polar surface area (TPSA) is 114 Å². The highest BCUT2D eigenvalue weighted by atomic mass is 32.2. The van der Waals surface area contributed by atoms with E-state index in [2.05, 4.69) is 5.32 Å². The normalized spacial score (nSPS) is 15.7. The van der Waals surface area contributed by atoms with Gasteiger partial charge in [-0.2, -0.15) is 4.31 Å². The van der Waals surface area contributed by atoms with E-state index in [-0.39, 0.29) is 18.0 Å². The number of hydrogen-bond donors (Lipinski definition) is 2. The smallest absolute Gasteiger partial charge is 0.251 e. The monoisotopic (exact) mass is 492 g/mol. The highest BCUT2D eigenvalue weighted by Crippen LogP contribution is 2.36. The van der Waals surface area contributed by atoms with Gasteiger partial charge in [-0.3, -0.25) is 4.79 Å². The predicted molar refractivity (Wildman–Crippen MR) is 127 cm³/mol. The molecule has 1 fully saturated rings. The summed E-state index contributed by atoms with van der Waals surface area (Å²) < 4.78 is 43.4. The zero-order chi connectivity index (χ0) is 24.6. The molecule has 10 heteroatoms. The van der Waals surface area contributed by atoms with Gasteiger partial charge in [0.1, 0.15) is 12.7 Å². The number of nitrogens with one attached hydrogen (secondary N) is 1. The van der Waals surface area contributed by atoms with Crippen LogP contribution in [0.4, 0.5) is 0 Å². The molecule has 0 spiro atoms. The molecule has 1 aliphatic rings. The molecule has 1 unspecified atom stereocenters. The van der Waals surface area contributed by atoms with Crippen LogP contribution in [0.3, 0.4) is 0 Å². The first-order valence-electron chi connectivity index (χ1n) is 11.3. The molecule has 186 valence electrons. The Morgan fingerprint density at radius 3 is 2.15 bits per heavy atom. The molecule has 1 aliphatic heterocycles. The van der Waals surface area contributed by atoms with Crippen molar-refractivity contribution in [3.8, 4) is 17.2 Å². The Bertz CT molecular complexity index is 1030. The van der Waals surface area contributed by atoms with Gasteiger partial charge >= 0.3 is 0 Å². The molecule has 9 nitrogen and oxygen atoms in total. The quantitative estimate of drug-likeness (QED) is 0.524. The van der Waals surface area contributed by atoms with Crippen molar-refractivity contribution in [2.45, 2.75) is 36.7 Å². The summed E-state index contributed by atoms with van der Waals surface area (Å²) in [6, 6.07) is 11.0. The molecule has 3 rings (SSSR count). The van der Waals surface area contributed by atoms with Gasteiger partial charge in [-0.05, 0) is 49.2 Å². The summed E-state index contributed by atoms with van der Waals surface area (Å²) in [6.07, 6.45) is 2.80. The third kappa shape index (κ3) is 6.40. The Morgan fingerprint density at radius 2 is 1.59 bits per heavy atom. The molecule has 0 aliphatic carbocycles. The van der Waals surface area contributed by atoms with E-state index in [4.69, 9.17) is 14.2 Å². The molecule has 1 saturated heterocycles. The van der Waals surface area contributed by atoms with Crippen LogP contribution in [0, 0.1) is 0 Å². The molecule has 0 aromatic heterocycles. The van der Waals surface area contributed by atoms with Crippen molar-refractivity contribution in [3.05, 3.63) is 48.0 Å². The lowest BCUT2D eigenvalue weighted by Gasteiger charge is -2.20. The van der Waals surface area contributed by atoms with Gasteiger partial charge < -0.3 is 24.6 Å². The van der Waals surface area contributed by atoms with Crippen LogP contribution in [0.2, 0.25) is 0 Å². The third-order valence-corrected chi connectivity index (χ3v) is 7.53. The maximum atomic E-state index is 12.9. The SMILES string of the molecule is COc1cccc(OC)c1OCC(O)CNC(=O)c1ccc(S(=O)(=O)N2CCCCCC2)cc1. The fraction of sp³-hybridized carbons (Fsp3) is 0.458. The van der Waals surface area contributed by atoms with Crippen molar-refractivity contribution in [2.24, 2.45) is 0 Å². The number of amides is 1. The van der Waals surface area contributed by atoms with E-state index < -0.39 is 22.0 Å². The molecule has 0 radical (unpaired) electrons. The lowest BCUT2D eigenvalue weighted by Crippen LogP contribution is -2.35. The van der Waals surface area contributed by atoms with E-state index in [1.807, 2.05) is 0 Å². The van der Waals surface area contributed by atoms with Crippen molar-refractivity contribution in [1.29, 1.82) is 0 Å². The van der Waals surface area contributed by atoms with Gasteiger partial charge in [0.05, 0.1) is 19.1 Å². The van der Waals surface area contributed by atoms with Crippen LogP contribution >= 0.6 is 0 Å². The van der Waals surface area contributed by atoms with Crippen molar-refractivity contribution >= 4 is 15.9 Å². The molecule has 1 amide bonds. The molecule has 34 heavy (non-hydrogen) atoms. The summed E-state index contributed by atoms with van der Waals surface area (Å²) in [7, 11) is -0.569. The summed E-state index contributed by atoms with van der Waals surface area (Å²) in [5, 5.41) is 12.9. The molecular weight excluding hydrogens is 460 g/mol. The zero-order valence-electron chi connectivity index (χ0n) is 19.5. The molecule has 2 aromatic rings. The summed E-state index contributed by atoms with van der Waals surface area (Å²) in [5.41, 5.74) is 0.300. The van der Waals surface area contributed by atoms with Gasteiger partial charge in [-0.1, -0.05) is 18.9 Å². The summed E-state index contributed by atoms with van der Waals surface area (Å²) in [4.78, 5) is 12.6. The maximum Gasteiger partial charge on any atom is 0.251 e. The minimum absolute atomic E-state index is 0.0515. The predicted octanol–water partition coefficient (Wildman–Crippen LogP) is 2.44. The van der Waals surface area contributed by atoms with Crippen LogP contribution in [-0.4, -0.2) is 70.3 Å². The van der Waals surface area contributed by atoms with E-state index in [0.717, 1.165) is 25.7 Å². The van der Waals surface area contributed by atoms with Gasteiger partial charge in [0.25, 0.3) is 5.91 Å². The van der Waals surface area contributed by atoms with Gasteiger partial charge in [-0.25, -0.2) is 8.42 Å². The van der Waals surface area contributed by atoms with Crippen LogP contribution in [-0.2, 0) is 10.0 Å². The Kier molecular flexibility index (Phi) is 9.14. The van der Waals surface area contributed by atoms with Crippen molar-refractivity contribution < 1.29 is 32.5 Å². The highest BCUT2D eigenvalue weighted by Gasteiger charge is 2.25. The fourth-order valence-electron chi connectivity index (χ4n) is 3.72. The average molecular weight is 493 g/mol. The zero-order valence-corrected chi connectivity index (χ0v) is 20.3. The number of hydrogen-bond acceptors (Lipinski definition) is 7. The van der Waals surface area contributed by atoms with Gasteiger partial charge in [-0.15, -0.1) is 0 Å². The first-order chi connectivity index (χ1) is 16.4. The molecule has 2 aromatic carbocycles. The number of sulfonamides is 1. The fourth-order valence-corrected chi connectivity index (χ4v) is 5.24. The second-order valence-electron chi connectivity index (χ2n) is 8.01. The highest BCUT2D eigenvalue weighted by molar-refractivity contribution is 7.89. The average Bonchev–Trinajstić information content (AvgIpc) is 3.16. The second kappa shape index (κ2) is 12.0. The first kappa shape index (κ1) is 25.8. The number of aliphatic hydroxyl groups excluding tert-OH is 1. The number of rotatable bonds is 10. The van der Waals surface area contributed by atoms with E-state index in [0.29, 0.717) is 35.9 Å². The molecule has 0 saturated carbocycles. The lowest BCUT2D eigenvalue weighted by molar-refractivity contribution is 0.0833. The van der Waals surface area contributed by atoms with Crippen molar-refractivity contribution in [2.75, 3.05) is 40.5 Å². The first-order valence-corrected chi connectivity index (χ1v) is 12.7. The number of carbonyl (C=O) groups is 1. The summed E-state index contributed by atoms with van der Waals surface area (Å²) >= 11 is 0. The molecule has 0 bridgehead atoms. The summed E-state index contributed by atoms with van der Waals surface area (Å²) in [6.45, 7) is 0.894. The number of methoxy groups -OCH3 is 2. The number of carbonyl (C=O) groups excluding carboxylic acids is 1. The molecule has 1 heterocycles. The van der Waals surface area contributed by atoms with Crippen LogP contribution in [0.25, 0.3) is 0 Å². The largest absolute Gasteiger partial charge is 0.493 e. The number of benzene rings is 2. The van der Waals surface area contributed by atoms with Crippen LogP contribution < -0.4 is 19.5 Å². The van der Waals surface area contributed by atoms with E-state index in [1.165, 1.54) is 42.8 Å². The second-order valence-corrected chi connectivity index (χ2v) is 9.95. The molecular formula is C24H32N2O7S.